The fraction of sp³-hybridized carbons (Fsp3) is 0.0667. The van der Waals surface area contributed by atoms with E-state index in [9.17, 15) is 9.18 Å². The third-order valence-corrected chi connectivity index (χ3v) is 3.40. The molecule has 0 radical (unpaired) electrons. The second kappa shape index (κ2) is 6.31. The van der Waals surface area contributed by atoms with E-state index >= 15 is 0 Å². The molecule has 0 aromatic heterocycles. The Morgan fingerprint density at radius 2 is 1.90 bits per heavy atom. The van der Waals surface area contributed by atoms with Crippen molar-refractivity contribution in [1.82, 2.24) is 0 Å². The molecule has 3 nitrogen and oxygen atoms in total. The van der Waals surface area contributed by atoms with E-state index in [2.05, 4.69) is 21.2 Å². The summed E-state index contributed by atoms with van der Waals surface area (Å²) in [7, 11) is 0. The van der Waals surface area contributed by atoms with Crippen LogP contribution in [0.5, 0.6) is 0 Å². The molecule has 0 aliphatic carbocycles. The lowest BCUT2D eigenvalue weighted by Crippen LogP contribution is -2.20. The van der Waals surface area contributed by atoms with Crippen molar-refractivity contribution in [3.05, 3.63) is 64.4 Å². The van der Waals surface area contributed by atoms with E-state index in [1.807, 2.05) is 6.07 Å². The van der Waals surface area contributed by atoms with Crippen LogP contribution in [0.25, 0.3) is 0 Å². The van der Waals surface area contributed by atoms with Crippen molar-refractivity contribution in [2.75, 3.05) is 5.32 Å². The highest BCUT2D eigenvalue weighted by molar-refractivity contribution is 9.10. The minimum atomic E-state index is -0.984. The van der Waals surface area contributed by atoms with E-state index < -0.39 is 17.6 Å². The molecule has 0 aliphatic heterocycles. The molecule has 100 valence electrons. The van der Waals surface area contributed by atoms with Gasteiger partial charge in [-0.05, 0) is 33.6 Å². The number of para-hydroxylation sites is 1. The van der Waals surface area contributed by atoms with Gasteiger partial charge in [0.25, 0.3) is 0 Å². The number of nitrogens with one attached hydrogen (secondary N) is 1. The normalized spacial score (nSPS) is 11.4. The minimum absolute atomic E-state index is 0.0358. The number of amides is 1. The Bertz CT molecular complexity index is 647. The van der Waals surface area contributed by atoms with Crippen LogP contribution in [0, 0.1) is 17.1 Å². The van der Waals surface area contributed by atoms with Crippen LogP contribution in [0.2, 0.25) is 0 Å². The zero-order valence-electron chi connectivity index (χ0n) is 10.3. The molecule has 0 bridgehead atoms. The number of nitriles is 1. The molecule has 1 N–H and O–H groups in total. The van der Waals surface area contributed by atoms with Gasteiger partial charge in [-0.1, -0.05) is 36.4 Å². The standard InChI is InChI=1S/C15H10BrFN2O/c16-12-7-4-8-13(17)14(12)19-15(20)11(9-18)10-5-2-1-3-6-10/h1-8,11H,(H,19,20). The van der Waals surface area contributed by atoms with E-state index in [-0.39, 0.29) is 5.69 Å². The van der Waals surface area contributed by atoms with Gasteiger partial charge >= 0.3 is 0 Å². The largest absolute Gasteiger partial charge is 0.321 e. The molecule has 2 aromatic rings. The molecule has 0 spiro atoms. The van der Waals surface area contributed by atoms with Gasteiger partial charge in [0.05, 0.1) is 11.8 Å². The molecule has 0 heterocycles. The van der Waals surface area contributed by atoms with Gasteiger partial charge < -0.3 is 5.32 Å². The fourth-order valence-corrected chi connectivity index (χ4v) is 2.18. The summed E-state index contributed by atoms with van der Waals surface area (Å²) in [6.07, 6.45) is 0. The molecule has 0 aliphatic rings. The predicted octanol–water partition coefficient (Wildman–Crippen LogP) is 3.83. The van der Waals surface area contributed by atoms with Crippen molar-refractivity contribution < 1.29 is 9.18 Å². The molecule has 2 aromatic carbocycles. The molecule has 1 unspecified atom stereocenters. The van der Waals surface area contributed by atoms with E-state index in [4.69, 9.17) is 5.26 Å². The second-order valence-corrected chi connectivity index (χ2v) is 4.91. The van der Waals surface area contributed by atoms with Gasteiger partial charge in [-0.2, -0.15) is 5.26 Å². The van der Waals surface area contributed by atoms with E-state index in [1.165, 1.54) is 12.1 Å². The zero-order valence-corrected chi connectivity index (χ0v) is 11.9. The molecule has 0 fully saturated rings. The lowest BCUT2D eigenvalue weighted by Gasteiger charge is -2.12. The summed E-state index contributed by atoms with van der Waals surface area (Å²) in [6, 6.07) is 15.0. The van der Waals surface area contributed by atoms with Crippen molar-refractivity contribution in [1.29, 1.82) is 5.26 Å². The van der Waals surface area contributed by atoms with E-state index in [0.29, 0.717) is 10.0 Å². The maximum atomic E-state index is 13.7. The van der Waals surface area contributed by atoms with E-state index in [0.717, 1.165) is 0 Å². The van der Waals surface area contributed by atoms with Crippen molar-refractivity contribution in [2.45, 2.75) is 5.92 Å². The quantitative estimate of drug-likeness (QED) is 0.928. The summed E-state index contributed by atoms with van der Waals surface area (Å²) in [5.41, 5.74) is 0.605. The second-order valence-electron chi connectivity index (χ2n) is 4.06. The minimum Gasteiger partial charge on any atom is -0.321 e. The Balaban J connectivity index is 2.26. The first kappa shape index (κ1) is 14.2. The number of hydrogen-bond acceptors (Lipinski definition) is 2. The van der Waals surface area contributed by atoms with Gasteiger partial charge in [0.1, 0.15) is 5.82 Å². The van der Waals surface area contributed by atoms with Crippen LogP contribution in [0.15, 0.2) is 53.0 Å². The van der Waals surface area contributed by atoms with E-state index in [1.54, 1.807) is 36.4 Å². The lowest BCUT2D eigenvalue weighted by molar-refractivity contribution is -0.116. The van der Waals surface area contributed by atoms with Crippen molar-refractivity contribution >= 4 is 27.5 Å². The van der Waals surface area contributed by atoms with Crippen molar-refractivity contribution in [3.63, 3.8) is 0 Å². The molecule has 0 saturated heterocycles. The molecule has 1 amide bonds. The SMILES string of the molecule is N#CC(C(=O)Nc1c(F)cccc1Br)c1ccccc1. The Morgan fingerprint density at radius 3 is 2.50 bits per heavy atom. The average Bonchev–Trinajstić information content (AvgIpc) is 2.45. The van der Waals surface area contributed by atoms with Crippen LogP contribution >= 0.6 is 15.9 Å². The molecule has 1 atom stereocenters. The van der Waals surface area contributed by atoms with Crippen LogP contribution < -0.4 is 5.32 Å². The van der Waals surface area contributed by atoms with Crippen LogP contribution in [0.1, 0.15) is 11.5 Å². The highest BCUT2D eigenvalue weighted by Crippen LogP contribution is 2.26. The number of nitrogens with zero attached hydrogens (tertiary/aromatic N) is 1. The zero-order chi connectivity index (χ0) is 14.5. The van der Waals surface area contributed by atoms with Crippen LogP contribution in [-0.2, 0) is 4.79 Å². The smallest absolute Gasteiger partial charge is 0.246 e. The Hall–Kier alpha value is -2.19. The summed E-state index contributed by atoms with van der Waals surface area (Å²) in [4.78, 5) is 12.1. The first-order valence-electron chi connectivity index (χ1n) is 5.83. The number of hydrogen-bond donors (Lipinski definition) is 1. The summed E-state index contributed by atoms with van der Waals surface area (Å²) >= 11 is 3.17. The number of rotatable bonds is 3. The summed E-state index contributed by atoms with van der Waals surface area (Å²) in [5.74, 6) is -2.11. The third-order valence-electron chi connectivity index (χ3n) is 2.74. The first-order chi connectivity index (χ1) is 9.63. The Kier molecular flexibility index (Phi) is 4.49. The summed E-state index contributed by atoms with van der Waals surface area (Å²) in [6.45, 7) is 0. The van der Waals surface area contributed by atoms with Gasteiger partial charge in [0.15, 0.2) is 5.92 Å². The molecular formula is C15H10BrFN2O. The van der Waals surface area contributed by atoms with Crippen molar-refractivity contribution in [3.8, 4) is 6.07 Å². The highest BCUT2D eigenvalue weighted by atomic mass is 79.9. The average molecular weight is 333 g/mol. The molecule has 2 rings (SSSR count). The maximum Gasteiger partial charge on any atom is 0.246 e. The monoisotopic (exact) mass is 332 g/mol. The van der Waals surface area contributed by atoms with Gasteiger partial charge in [-0.3, -0.25) is 4.79 Å². The number of carbonyl (C=O) groups excluding carboxylic acids is 1. The molecule has 5 heteroatoms. The van der Waals surface area contributed by atoms with Crippen molar-refractivity contribution in [2.24, 2.45) is 0 Å². The van der Waals surface area contributed by atoms with Gasteiger partial charge in [-0.15, -0.1) is 0 Å². The Morgan fingerprint density at radius 1 is 1.20 bits per heavy atom. The van der Waals surface area contributed by atoms with Crippen LogP contribution in [-0.4, -0.2) is 5.91 Å². The van der Waals surface area contributed by atoms with Gasteiger partial charge in [0.2, 0.25) is 5.91 Å². The number of halogens is 2. The molecule has 20 heavy (non-hydrogen) atoms. The maximum absolute atomic E-state index is 13.7. The number of anilines is 1. The third kappa shape index (κ3) is 3.03. The Labute approximate surface area is 124 Å². The first-order valence-corrected chi connectivity index (χ1v) is 6.62. The van der Waals surface area contributed by atoms with Gasteiger partial charge in [-0.25, -0.2) is 4.39 Å². The predicted molar refractivity (Wildman–Crippen MR) is 77.5 cm³/mol. The van der Waals surface area contributed by atoms with Crippen LogP contribution in [0.3, 0.4) is 0 Å². The molecule has 0 saturated carbocycles. The number of carbonyl (C=O) groups is 1. The van der Waals surface area contributed by atoms with Gasteiger partial charge in [0, 0.05) is 4.47 Å². The summed E-state index contributed by atoms with van der Waals surface area (Å²) in [5, 5.41) is 11.6. The highest BCUT2D eigenvalue weighted by Gasteiger charge is 2.21. The number of benzene rings is 2. The lowest BCUT2D eigenvalue weighted by atomic mass is 10.00. The fourth-order valence-electron chi connectivity index (χ4n) is 1.74. The summed E-state index contributed by atoms with van der Waals surface area (Å²) < 4.78 is 14.1. The van der Waals surface area contributed by atoms with Crippen LogP contribution in [0.4, 0.5) is 10.1 Å². The molecular weight excluding hydrogens is 323 g/mol. The topological polar surface area (TPSA) is 52.9 Å².